The second-order valence-electron chi connectivity index (χ2n) is 4.53. The minimum atomic E-state index is 0.854. The van der Waals surface area contributed by atoms with Crippen LogP contribution in [0.25, 0.3) is 6.08 Å². The van der Waals surface area contributed by atoms with Gasteiger partial charge in [0, 0.05) is 17.3 Å². The van der Waals surface area contributed by atoms with Gasteiger partial charge in [-0.05, 0) is 38.2 Å². The highest BCUT2D eigenvalue weighted by Crippen LogP contribution is 2.36. The first-order valence-corrected chi connectivity index (χ1v) is 11.0. The Morgan fingerprint density at radius 1 is 1.17 bits per heavy atom. The zero-order valence-corrected chi connectivity index (χ0v) is 17.9. The molecule has 2 nitrogen and oxygen atoms in total. The molecule has 1 fully saturated rings. The van der Waals surface area contributed by atoms with Crippen molar-refractivity contribution in [3.05, 3.63) is 37.4 Å². The Labute approximate surface area is 166 Å². The predicted octanol–water partition coefficient (Wildman–Crippen LogP) is 6.04. The van der Waals surface area contributed by atoms with E-state index in [9.17, 15) is 0 Å². The summed E-state index contributed by atoms with van der Waals surface area (Å²) < 4.78 is 5.10. The van der Waals surface area contributed by atoms with Crippen LogP contribution in [-0.4, -0.2) is 26.2 Å². The first kappa shape index (κ1) is 19.3. The summed E-state index contributed by atoms with van der Waals surface area (Å²) in [5.74, 6) is 0.939. The van der Waals surface area contributed by atoms with Crippen LogP contribution in [0.1, 0.15) is 18.7 Å². The van der Waals surface area contributed by atoms with Crippen molar-refractivity contribution in [3.63, 3.8) is 0 Å². The molecule has 0 aliphatic carbocycles. The topological polar surface area (TPSA) is 8.17 Å². The predicted molar refractivity (Wildman–Crippen MR) is 117 cm³/mol. The van der Waals surface area contributed by atoms with E-state index in [4.69, 9.17) is 24.4 Å². The average Bonchev–Trinajstić information content (AvgIpc) is 2.80. The molecular weight excluding hydrogens is 401 g/mol. The van der Waals surface area contributed by atoms with Crippen LogP contribution in [0.3, 0.4) is 0 Å². The van der Waals surface area contributed by atoms with Gasteiger partial charge in [0.2, 0.25) is 0 Å². The minimum absolute atomic E-state index is 0.854. The summed E-state index contributed by atoms with van der Waals surface area (Å²) in [6.07, 6.45) is 10.3. The number of thiazole rings is 1. The highest BCUT2D eigenvalue weighted by atomic mass is 32.2. The van der Waals surface area contributed by atoms with Crippen LogP contribution in [0, 0.1) is 3.95 Å². The van der Waals surface area contributed by atoms with Gasteiger partial charge in [-0.15, -0.1) is 24.0 Å². The molecule has 1 aliphatic rings. The Bertz CT molecular complexity index is 710. The lowest BCUT2D eigenvalue weighted by atomic mass is 10.4. The fraction of sp³-hybridized carbons (Fsp3) is 0.333. The highest BCUT2D eigenvalue weighted by molar-refractivity contribution is 8.35. The van der Waals surface area contributed by atoms with Crippen LogP contribution >= 0.6 is 71.9 Å². The standard InChI is InChI=1S/C15H18N2S6/c1-3-16-10-21-12(23-14(16)19)9-7-5-6-8-11-13(18)17(4-2)15(20)22-11/h5-9,18H,3-4,10H2,1-2H3/b7-5+,8-6+,12-9-. The molecule has 8 heteroatoms. The maximum absolute atomic E-state index is 5.39. The second-order valence-corrected chi connectivity index (χ2v) is 9.55. The number of thioether (sulfide) groups is 2. The summed E-state index contributed by atoms with van der Waals surface area (Å²) in [5, 5.41) is 0.939. The Kier molecular flexibility index (Phi) is 7.97. The van der Waals surface area contributed by atoms with Crippen molar-refractivity contribution in [2.45, 2.75) is 25.4 Å². The SMILES string of the molecule is CCN1CS/C(=C/C=C/C=C/c2sc(=S)n(CC)c2S)SC1=S. The van der Waals surface area contributed by atoms with Gasteiger partial charge >= 0.3 is 0 Å². The smallest absolute Gasteiger partial charge is 0.162 e. The minimum Gasteiger partial charge on any atom is -0.348 e. The molecule has 0 bridgehead atoms. The van der Waals surface area contributed by atoms with Gasteiger partial charge in [0.15, 0.2) is 3.95 Å². The van der Waals surface area contributed by atoms with Crippen molar-refractivity contribution < 1.29 is 0 Å². The lowest BCUT2D eigenvalue weighted by molar-refractivity contribution is 0.535. The summed E-state index contributed by atoms with van der Waals surface area (Å²) in [6.45, 7) is 6.03. The molecule has 1 aromatic rings. The molecule has 23 heavy (non-hydrogen) atoms. The van der Waals surface area contributed by atoms with Crippen LogP contribution in [0.5, 0.6) is 0 Å². The first-order valence-electron chi connectivity index (χ1n) is 7.14. The number of allylic oxidation sites excluding steroid dienone is 4. The average molecular weight is 419 g/mol. The van der Waals surface area contributed by atoms with Gasteiger partial charge in [0.1, 0.15) is 4.32 Å². The molecule has 124 valence electrons. The zero-order valence-electron chi connectivity index (χ0n) is 12.9. The second kappa shape index (κ2) is 9.48. The largest absolute Gasteiger partial charge is 0.348 e. The van der Waals surface area contributed by atoms with Crippen molar-refractivity contribution in [3.8, 4) is 0 Å². The van der Waals surface area contributed by atoms with Crippen molar-refractivity contribution in [1.29, 1.82) is 0 Å². The summed E-state index contributed by atoms with van der Waals surface area (Å²) in [5.41, 5.74) is 0. The molecule has 2 rings (SSSR count). The number of hydrogen-bond donors (Lipinski definition) is 1. The van der Waals surface area contributed by atoms with Crippen molar-refractivity contribution in [2.75, 3.05) is 12.4 Å². The molecule has 0 N–H and O–H groups in total. The summed E-state index contributed by atoms with van der Waals surface area (Å²) >= 11 is 20.3. The molecule has 0 amide bonds. The fourth-order valence-electron chi connectivity index (χ4n) is 1.82. The molecule has 0 spiro atoms. The zero-order chi connectivity index (χ0) is 16.8. The van der Waals surface area contributed by atoms with Gasteiger partial charge < -0.3 is 9.47 Å². The molecule has 1 aliphatic heterocycles. The van der Waals surface area contributed by atoms with E-state index in [1.54, 1.807) is 23.1 Å². The monoisotopic (exact) mass is 418 g/mol. The maximum atomic E-state index is 5.39. The summed E-state index contributed by atoms with van der Waals surface area (Å²) in [7, 11) is 0. The van der Waals surface area contributed by atoms with E-state index in [1.165, 1.54) is 4.24 Å². The molecule has 0 saturated carbocycles. The number of rotatable bonds is 5. The van der Waals surface area contributed by atoms with Crippen LogP contribution in [0.15, 0.2) is 33.6 Å². The van der Waals surface area contributed by atoms with E-state index in [1.807, 2.05) is 34.6 Å². The van der Waals surface area contributed by atoms with Crippen molar-refractivity contribution in [2.24, 2.45) is 0 Å². The quantitative estimate of drug-likeness (QED) is 0.353. The molecular formula is C15H18N2S6. The van der Waals surface area contributed by atoms with Crippen molar-refractivity contribution in [1.82, 2.24) is 9.47 Å². The summed E-state index contributed by atoms with van der Waals surface area (Å²) in [4.78, 5) is 3.30. The Morgan fingerprint density at radius 3 is 2.57 bits per heavy atom. The van der Waals surface area contributed by atoms with Crippen LogP contribution in [0.2, 0.25) is 0 Å². The van der Waals surface area contributed by atoms with Gasteiger partial charge in [0.05, 0.1) is 15.8 Å². The fourth-order valence-corrected chi connectivity index (χ4v) is 6.59. The third-order valence-corrected chi connectivity index (χ3v) is 7.89. The first-order chi connectivity index (χ1) is 11.1. The van der Waals surface area contributed by atoms with Gasteiger partial charge in [-0.1, -0.05) is 54.0 Å². The number of nitrogens with zero attached hydrogens (tertiary/aromatic N) is 2. The lowest BCUT2D eigenvalue weighted by Gasteiger charge is -2.27. The highest BCUT2D eigenvalue weighted by Gasteiger charge is 2.17. The van der Waals surface area contributed by atoms with Gasteiger partial charge in [-0.2, -0.15) is 0 Å². The van der Waals surface area contributed by atoms with Gasteiger partial charge in [0.25, 0.3) is 0 Å². The molecule has 0 unspecified atom stereocenters. The molecule has 1 aromatic heterocycles. The van der Waals surface area contributed by atoms with E-state index in [2.05, 4.69) is 43.5 Å². The Morgan fingerprint density at radius 2 is 1.96 bits per heavy atom. The van der Waals surface area contributed by atoms with Crippen LogP contribution in [0.4, 0.5) is 0 Å². The number of thiol groups is 1. The van der Waals surface area contributed by atoms with E-state index in [-0.39, 0.29) is 0 Å². The third-order valence-electron chi connectivity index (χ3n) is 3.10. The number of thiocarbonyl (C=S) groups is 1. The van der Waals surface area contributed by atoms with Gasteiger partial charge in [-0.25, -0.2) is 0 Å². The van der Waals surface area contributed by atoms with E-state index < -0.39 is 0 Å². The Balaban J connectivity index is 1.96. The van der Waals surface area contributed by atoms with Crippen LogP contribution < -0.4 is 0 Å². The molecule has 2 heterocycles. The number of aromatic nitrogens is 1. The molecule has 0 radical (unpaired) electrons. The lowest BCUT2D eigenvalue weighted by Crippen LogP contribution is -2.29. The number of hydrogen-bond acceptors (Lipinski definition) is 6. The normalized spacial score (nSPS) is 18.0. The molecule has 0 aromatic carbocycles. The third kappa shape index (κ3) is 5.24. The molecule has 0 atom stereocenters. The van der Waals surface area contributed by atoms with Gasteiger partial charge in [-0.3, -0.25) is 0 Å². The van der Waals surface area contributed by atoms with E-state index >= 15 is 0 Å². The van der Waals surface area contributed by atoms with E-state index in [0.29, 0.717) is 0 Å². The van der Waals surface area contributed by atoms with E-state index in [0.717, 1.165) is 37.1 Å². The van der Waals surface area contributed by atoms with Crippen molar-refractivity contribution >= 4 is 82.3 Å². The maximum Gasteiger partial charge on any atom is 0.162 e. The summed E-state index contributed by atoms with van der Waals surface area (Å²) in [6, 6.07) is 0. The van der Waals surface area contributed by atoms with Crippen LogP contribution in [-0.2, 0) is 6.54 Å². The Hall–Kier alpha value is 0.01000. The molecule has 1 saturated heterocycles.